The normalized spacial score (nSPS) is 10.9. The molecule has 80 valence electrons. The van der Waals surface area contributed by atoms with Crippen LogP contribution in [0.4, 0.5) is 5.69 Å². The lowest BCUT2D eigenvalue weighted by atomic mass is 10.2. The number of aliphatic imine (C=N–C) groups is 1. The highest BCUT2D eigenvalue weighted by atomic mass is 79.9. The van der Waals surface area contributed by atoms with E-state index in [1.807, 2.05) is 48.7 Å². The van der Waals surface area contributed by atoms with E-state index in [9.17, 15) is 0 Å². The number of para-hydroxylation sites is 1. The van der Waals surface area contributed by atoms with Crippen molar-refractivity contribution in [3.05, 3.63) is 64.1 Å². The SMILES string of the molecule is Cc1ccccc1N=Cc1ccc(Br)cc1. The molecule has 0 aliphatic rings. The molecule has 1 nitrogen and oxygen atoms in total. The number of halogens is 1. The first-order valence-electron chi connectivity index (χ1n) is 5.11. The van der Waals surface area contributed by atoms with Gasteiger partial charge in [-0.15, -0.1) is 0 Å². The summed E-state index contributed by atoms with van der Waals surface area (Å²) in [4.78, 5) is 4.47. The molecule has 0 aliphatic heterocycles. The molecular weight excluding hydrogens is 262 g/mol. The Bertz CT molecular complexity index is 500. The fraction of sp³-hybridized carbons (Fsp3) is 0.0714. The van der Waals surface area contributed by atoms with Crippen LogP contribution in [0.1, 0.15) is 11.1 Å². The first-order valence-corrected chi connectivity index (χ1v) is 5.90. The predicted molar refractivity (Wildman–Crippen MR) is 72.6 cm³/mol. The minimum atomic E-state index is 1.02. The zero-order valence-electron chi connectivity index (χ0n) is 9.02. The molecule has 0 radical (unpaired) electrons. The quantitative estimate of drug-likeness (QED) is 0.714. The third-order valence-corrected chi connectivity index (χ3v) is 2.87. The van der Waals surface area contributed by atoms with Crippen molar-refractivity contribution in [3.8, 4) is 0 Å². The van der Waals surface area contributed by atoms with Crippen LogP contribution in [-0.2, 0) is 0 Å². The maximum atomic E-state index is 4.47. The van der Waals surface area contributed by atoms with Crippen LogP contribution in [0.3, 0.4) is 0 Å². The summed E-state index contributed by atoms with van der Waals surface area (Å²) in [6, 6.07) is 16.2. The third kappa shape index (κ3) is 2.80. The second-order valence-electron chi connectivity index (χ2n) is 3.60. The molecule has 2 heteroatoms. The van der Waals surface area contributed by atoms with Crippen molar-refractivity contribution >= 4 is 27.8 Å². The molecule has 2 aromatic carbocycles. The van der Waals surface area contributed by atoms with Crippen LogP contribution in [0.25, 0.3) is 0 Å². The molecule has 0 aromatic heterocycles. The summed E-state index contributed by atoms with van der Waals surface area (Å²) in [6.07, 6.45) is 1.88. The molecule has 2 aromatic rings. The van der Waals surface area contributed by atoms with Gasteiger partial charge in [0.25, 0.3) is 0 Å². The Balaban J connectivity index is 2.21. The number of hydrogen-bond acceptors (Lipinski definition) is 1. The van der Waals surface area contributed by atoms with Crippen LogP contribution in [0.15, 0.2) is 58.0 Å². The van der Waals surface area contributed by atoms with E-state index in [1.54, 1.807) is 0 Å². The van der Waals surface area contributed by atoms with Crippen molar-refractivity contribution in [2.75, 3.05) is 0 Å². The van der Waals surface area contributed by atoms with Crippen molar-refractivity contribution in [3.63, 3.8) is 0 Å². The van der Waals surface area contributed by atoms with Gasteiger partial charge in [0.1, 0.15) is 0 Å². The minimum Gasteiger partial charge on any atom is -0.256 e. The molecule has 0 bridgehead atoms. The molecule has 0 heterocycles. The van der Waals surface area contributed by atoms with Gasteiger partial charge < -0.3 is 0 Å². The molecule has 0 spiro atoms. The Morgan fingerprint density at radius 1 is 1.00 bits per heavy atom. The van der Waals surface area contributed by atoms with Crippen molar-refractivity contribution in [1.82, 2.24) is 0 Å². The molecule has 2 rings (SSSR count). The topological polar surface area (TPSA) is 12.4 Å². The molecule has 0 N–H and O–H groups in total. The second-order valence-corrected chi connectivity index (χ2v) is 4.51. The highest BCUT2D eigenvalue weighted by molar-refractivity contribution is 9.10. The Morgan fingerprint density at radius 3 is 2.38 bits per heavy atom. The molecule has 0 saturated heterocycles. The average molecular weight is 274 g/mol. The summed E-state index contributed by atoms with van der Waals surface area (Å²) in [6.45, 7) is 2.06. The molecule has 16 heavy (non-hydrogen) atoms. The molecule has 0 atom stereocenters. The van der Waals surface area contributed by atoms with Crippen molar-refractivity contribution < 1.29 is 0 Å². The van der Waals surface area contributed by atoms with E-state index in [4.69, 9.17) is 0 Å². The van der Waals surface area contributed by atoms with E-state index in [2.05, 4.69) is 33.9 Å². The number of hydrogen-bond donors (Lipinski definition) is 0. The van der Waals surface area contributed by atoms with E-state index in [0.29, 0.717) is 0 Å². The fourth-order valence-corrected chi connectivity index (χ4v) is 1.67. The Morgan fingerprint density at radius 2 is 1.69 bits per heavy atom. The summed E-state index contributed by atoms with van der Waals surface area (Å²) in [7, 11) is 0. The molecule has 0 amide bonds. The highest BCUT2D eigenvalue weighted by Crippen LogP contribution is 2.17. The molecule has 0 unspecified atom stereocenters. The van der Waals surface area contributed by atoms with Gasteiger partial charge >= 0.3 is 0 Å². The smallest absolute Gasteiger partial charge is 0.0659 e. The van der Waals surface area contributed by atoms with Gasteiger partial charge in [-0.3, -0.25) is 4.99 Å². The van der Waals surface area contributed by atoms with Crippen LogP contribution >= 0.6 is 15.9 Å². The van der Waals surface area contributed by atoms with E-state index in [-0.39, 0.29) is 0 Å². The van der Waals surface area contributed by atoms with E-state index in [0.717, 1.165) is 15.7 Å². The highest BCUT2D eigenvalue weighted by Gasteiger charge is 1.92. The molecular formula is C14H12BrN. The molecule has 0 aliphatic carbocycles. The Kier molecular flexibility index (Phi) is 3.52. The van der Waals surface area contributed by atoms with Crippen LogP contribution in [0.2, 0.25) is 0 Å². The molecule has 0 fully saturated rings. The summed E-state index contributed by atoms with van der Waals surface area (Å²) in [5, 5.41) is 0. The van der Waals surface area contributed by atoms with E-state index >= 15 is 0 Å². The number of aryl methyl sites for hydroxylation is 1. The van der Waals surface area contributed by atoms with Crippen molar-refractivity contribution in [2.45, 2.75) is 6.92 Å². The van der Waals surface area contributed by atoms with Crippen LogP contribution in [0.5, 0.6) is 0 Å². The maximum Gasteiger partial charge on any atom is 0.0659 e. The van der Waals surface area contributed by atoms with Crippen molar-refractivity contribution in [1.29, 1.82) is 0 Å². The van der Waals surface area contributed by atoms with Gasteiger partial charge in [0.15, 0.2) is 0 Å². The van der Waals surface area contributed by atoms with Crippen LogP contribution < -0.4 is 0 Å². The van der Waals surface area contributed by atoms with E-state index in [1.165, 1.54) is 5.56 Å². The maximum absolute atomic E-state index is 4.47. The monoisotopic (exact) mass is 273 g/mol. The van der Waals surface area contributed by atoms with Gasteiger partial charge in [0, 0.05) is 10.7 Å². The average Bonchev–Trinajstić information content (AvgIpc) is 2.30. The van der Waals surface area contributed by atoms with Gasteiger partial charge in [0.05, 0.1) is 5.69 Å². The van der Waals surface area contributed by atoms with Gasteiger partial charge in [0.2, 0.25) is 0 Å². The van der Waals surface area contributed by atoms with Gasteiger partial charge in [-0.05, 0) is 36.2 Å². The number of nitrogens with zero attached hydrogens (tertiary/aromatic N) is 1. The predicted octanol–water partition coefficient (Wildman–Crippen LogP) is 4.51. The van der Waals surface area contributed by atoms with Gasteiger partial charge in [-0.1, -0.05) is 46.3 Å². The summed E-state index contributed by atoms with van der Waals surface area (Å²) in [5.41, 5.74) is 3.31. The fourth-order valence-electron chi connectivity index (χ4n) is 1.40. The lowest BCUT2D eigenvalue weighted by Crippen LogP contribution is -1.80. The zero-order valence-corrected chi connectivity index (χ0v) is 10.6. The number of rotatable bonds is 2. The third-order valence-electron chi connectivity index (χ3n) is 2.34. The zero-order chi connectivity index (χ0) is 11.4. The summed E-state index contributed by atoms with van der Waals surface area (Å²) >= 11 is 3.41. The van der Waals surface area contributed by atoms with Crippen molar-refractivity contribution in [2.24, 2.45) is 4.99 Å². The van der Waals surface area contributed by atoms with Crippen LogP contribution in [0, 0.1) is 6.92 Å². The Labute approximate surface area is 104 Å². The largest absolute Gasteiger partial charge is 0.256 e. The van der Waals surface area contributed by atoms with Gasteiger partial charge in [-0.25, -0.2) is 0 Å². The second kappa shape index (κ2) is 5.08. The minimum absolute atomic E-state index is 1.02. The Hall–Kier alpha value is -1.41. The molecule has 0 saturated carbocycles. The summed E-state index contributed by atoms with van der Waals surface area (Å²) in [5.74, 6) is 0. The lowest BCUT2D eigenvalue weighted by molar-refractivity contribution is 1.40. The standard InChI is InChI=1S/C14H12BrN/c1-11-4-2-3-5-14(11)16-10-12-6-8-13(15)9-7-12/h2-10H,1H3. The first kappa shape index (κ1) is 11.1. The first-order chi connectivity index (χ1) is 7.75. The van der Waals surface area contributed by atoms with Gasteiger partial charge in [-0.2, -0.15) is 0 Å². The lowest BCUT2D eigenvalue weighted by Gasteiger charge is -1.98. The van der Waals surface area contributed by atoms with E-state index < -0.39 is 0 Å². The summed E-state index contributed by atoms with van der Waals surface area (Å²) < 4.78 is 1.08. The van der Waals surface area contributed by atoms with Crippen LogP contribution in [-0.4, -0.2) is 6.21 Å². The number of benzene rings is 2.